The van der Waals surface area contributed by atoms with Crippen LogP contribution in [-0.2, 0) is 22.5 Å². The molecule has 262 valence electrons. The molecule has 0 unspecified atom stereocenters. The monoisotopic (exact) mass is 724 g/mol. The summed E-state index contributed by atoms with van der Waals surface area (Å²) in [5.41, 5.74) is 11.3. The van der Waals surface area contributed by atoms with Crippen molar-refractivity contribution in [1.82, 2.24) is 4.90 Å². The van der Waals surface area contributed by atoms with Crippen LogP contribution in [0.1, 0.15) is 55.0 Å². The van der Waals surface area contributed by atoms with Crippen LogP contribution in [0.4, 0.5) is 5.69 Å². The number of rotatable bonds is 23. The van der Waals surface area contributed by atoms with Gasteiger partial charge in [0.2, 0.25) is 0 Å². The summed E-state index contributed by atoms with van der Waals surface area (Å²) >= 11 is 8.28. The normalized spacial score (nSPS) is 14.0. The van der Waals surface area contributed by atoms with Gasteiger partial charge in [-0.15, -0.1) is 0 Å². The number of fused-ring (bicyclic) bond motifs is 2. The van der Waals surface area contributed by atoms with E-state index in [9.17, 15) is 4.79 Å². The number of allylic oxidation sites excluding steroid dienone is 5. The first-order valence-electron chi connectivity index (χ1n) is 17.7. The van der Waals surface area contributed by atoms with Crippen molar-refractivity contribution in [3.05, 3.63) is 93.6 Å². The summed E-state index contributed by atoms with van der Waals surface area (Å²) in [6.07, 6.45) is 7.48. The number of hydrogen-bond donors (Lipinski definition) is 0. The van der Waals surface area contributed by atoms with E-state index in [1.807, 2.05) is 35.7 Å². The Morgan fingerprint density at radius 3 is 2.10 bits per heavy atom. The van der Waals surface area contributed by atoms with Crippen molar-refractivity contribution in [3.63, 3.8) is 0 Å². The summed E-state index contributed by atoms with van der Waals surface area (Å²) < 4.78 is 5.42. The first-order valence-corrected chi connectivity index (χ1v) is 22.3. The van der Waals surface area contributed by atoms with Gasteiger partial charge < -0.3 is 9.64 Å². The number of anilines is 1. The molecule has 8 heteroatoms. The third-order valence-corrected chi connectivity index (χ3v) is 13.0. The van der Waals surface area contributed by atoms with Crippen LogP contribution in [0.15, 0.2) is 65.8 Å². The van der Waals surface area contributed by atoms with Crippen LogP contribution in [0.25, 0.3) is 5.57 Å². The number of benzene rings is 2. The fourth-order valence-electron chi connectivity index (χ4n) is 6.36. The molecule has 0 N–H and O–H groups in total. The standard InChI is InChI=1S/C40H56N2O2S4/c1-6-15-42(16-19-44-5)35-10-13-38-33(28-35)27-34-29-36(43)11-14-39(34)40(38)37-12-9-32(26-31(37)4)30-41(17-20-47-24-22-45-7-2)18-21-48-25-23-46-8-3/h9-14,26,28-29H,6-8,15-25,27,30H2,1-5H3. The lowest BCUT2D eigenvalue weighted by Gasteiger charge is -2.30. The number of nitrogens with zero attached hydrogens (tertiary/aromatic N) is 2. The third kappa shape index (κ3) is 11.8. The van der Waals surface area contributed by atoms with Gasteiger partial charge >= 0.3 is 0 Å². The van der Waals surface area contributed by atoms with Crippen molar-refractivity contribution in [1.29, 1.82) is 0 Å². The van der Waals surface area contributed by atoms with E-state index < -0.39 is 0 Å². The SMILES string of the molecule is CCCN(CCOC)c1ccc2c(c1)CC1=CC(=O)C=CC1=C2c1ccc(CN(CCSCCSCC)CCSCCSCC)cc1C. The molecule has 4 nitrogen and oxygen atoms in total. The second kappa shape index (κ2) is 21.6. The van der Waals surface area contributed by atoms with Crippen LogP contribution in [0, 0.1) is 6.92 Å². The number of thioether (sulfide) groups is 4. The Balaban J connectivity index is 1.57. The summed E-state index contributed by atoms with van der Waals surface area (Å²) in [7, 11) is 1.77. The van der Waals surface area contributed by atoms with Crippen molar-refractivity contribution >= 4 is 64.1 Å². The van der Waals surface area contributed by atoms with Gasteiger partial charge in [0.05, 0.1) is 6.61 Å². The number of methoxy groups -OCH3 is 1. The molecule has 0 heterocycles. The maximum Gasteiger partial charge on any atom is 0.178 e. The van der Waals surface area contributed by atoms with E-state index in [4.69, 9.17) is 4.74 Å². The summed E-state index contributed by atoms with van der Waals surface area (Å²) in [5.74, 6) is 9.85. The number of ketones is 1. The Hall–Kier alpha value is -1.55. The van der Waals surface area contributed by atoms with Gasteiger partial charge in [-0.1, -0.05) is 51.1 Å². The van der Waals surface area contributed by atoms with Crippen LogP contribution in [0.3, 0.4) is 0 Å². The van der Waals surface area contributed by atoms with E-state index in [-0.39, 0.29) is 5.78 Å². The van der Waals surface area contributed by atoms with Crippen molar-refractivity contribution in [3.8, 4) is 0 Å². The zero-order chi connectivity index (χ0) is 34.1. The Bertz CT molecular complexity index is 1400. The smallest absolute Gasteiger partial charge is 0.178 e. The highest BCUT2D eigenvalue weighted by Gasteiger charge is 2.26. The van der Waals surface area contributed by atoms with Crippen molar-refractivity contribution in [2.75, 3.05) is 90.8 Å². The zero-order valence-corrected chi connectivity index (χ0v) is 33.1. The van der Waals surface area contributed by atoms with Gasteiger partial charge in [0, 0.05) is 80.0 Å². The molecule has 0 spiro atoms. The van der Waals surface area contributed by atoms with Crippen molar-refractivity contribution in [2.45, 2.75) is 47.1 Å². The summed E-state index contributed by atoms with van der Waals surface area (Å²) in [4.78, 5) is 17.6. The fourth-order valence-corrected chi connectivity index (χ4v) is 10.0. The van der Waals surface area contributed by atoms with Gasteiger partial charge in [-0.05, 0) is 100 Å². The average Bonchev–Trinajstić information content (AvgIpc) is 3.08. The third-order valence-electron chi connectivity index (χ3n) is 8.73. The molecule has 2 aliphatic carbocycles. The lowest BCUT2D eigenvalue weighted by molar-refractivity contribution is -0.110. The van der Waals surface area contributed by atoms with Gasteiger partial charge in [-0.25, -0.2) is 0 Å². The van der Waals surface area contributed by atoms with Gasteiger partial charge in [-0.3, -0.25) is 9.69 Å². The largest absolute Gasteiger partial charge is 0.383 e. The first kappa shape index (κ1) is 39.2. The predicted molar refractivity (Wildman–Crippen MR) is 220 cm³/mol. The summed E-state index contributed by atoms with van der Waals surface area (Å²) in [6.45, 7) is 14.8. The summed E-state index contributed by atoms with van der Waals surface area (Å²) in [6, 6.07) is 14.0. The first-order chi connectivity index (χ1) is 23.5. The Labute approximate surface area is 308 Å². The number of carbonyl (C=O) groups is 1. The molecule has 4 rings (SSSR count). The van der Waals surface area contributed by atoms with Gasteiger partial charge in [0.15, 0.2) is 5.78 Å². The molecule has 0 fully saturated rings. The van der Waals surface area contributed by atoms with Gasteiger partial charge in [0.1, 0.15) is 0 Å². The molecular weight excluding hydrogens is 669 g/mol. The number of hydrogen-bond acceptors (Lipinski definition) is 8. The highest BCUT2D eigenvalue weighted by Crippen LogP contribution is 2.42. The number of aryl methyl sites for hydroxylation is 1. The lowest BCUT2D eigenvalue weighted by atomic mass is 9.76. The molecule has 0 saturated heterocycles. The molecule has 0 aromatic heterocycles. The van der Waals surface area contributed by atoms with E-state index in [0.29, 0.717) is 6.61 Å². The number of carbonyl (C=O) groups excluding carboxylic acids is 1. The Morgan fingerprint density at radius 1 is 0.771 bits per heavy atom. The molecule has 0 amide bonds. The van der Waals surface area contributed by atoms with E-state index in [1.54, 1.807) is 13.2 Å². The lowest BCUT2D eigenvalue weighted by Crippen LogP contribution is -2.28. The van der Waals surface area contributed by atoms with E-state index in [0.717, 1.165) is 51.1 Å². The van der Waals surface area contributed by atoms with Crippen LogP contribution in [-0.4, -0.2) is 96.6 Å². The van der Waals surface area contributed by atoms with Crippen molar-refractivity contribution < 1.29 is 9.53 Å². The van der Waals surface area contributed by atoms with E-state index >= 15 is 0 Å². The molecule has 0 saturated carbocycles. The molecule has 2 aliphatic rings. The molecule has 48 heavy (non-hydrogen) atoms. The predicted octanol–water partition coefficient (Wildman–Crippen LogP) is 9.06. The van der Waals surface area contributed by atoms with Gasteiger partial charge in [-0.2, -0.15) is 47.0 Å². The molecular formula is C40H56N2O2S4. The Morgan fingerprint density at radius 2 is 1.46 bits per heavy atom. The molecule has 0 bridgehead atoms. The van der Waals surface area contributed by atoms with Crippen LogP contribution in [0.5, 0.6) is 0 Å². The van der Waals surface area contributed by atoms with Crippen molar-refractivity contribution in [2.24, 2.45) is 0 Å². The molecule has 0 aliphatic heterocycles. The number of ether oxygens (including phenoxy) is 1. The average molecular weight is 725 g/mol. The molecule has 2 aromatic carbocycles. The minimum Gasteiger partial charge on any atom is -0.383 e. The minimum absolute atomic E-state index is 0.0807. The maximum absolute atomic E-state index is 12.5. The highest BCUT2D eigenvalue weighted by atomic mass is 32.2. The quantitative estimate of drug-likeness (QED) is 0.105. The van der Waals surface area contributed by atoms with E-state index in [2.05, 4.69) is 97.4 Å². The topological polar surface area (TPSA) is 32.8 Å². The molecule has 0 atom stereocenters. The highest BCUT2D eigenvalue weighted by molar-refractivity contribution is 8.03. The second-order valence-corrected chi connectivity index (χ2v) is 17.5. The van der Waals surface area contributed by atoms with Crippen LogP contribution >= 0.6 is 47.0 Å². The molecule has 0 radical (unpaired) electrons. The van der Waals surface area contributed by atoms with E-state index in [1.165, 1.54) is 90.7 Å². The Kier molecular flexibility index (Phi) is 17.7. The maximum atomic E-state index is 12.5. The molecule has 2 aromatic rings. The van der Waals surface area contributed by atoms with Crippen LogP contribution < -0.4 is 4.90 Å². The minimum atomic E-state index is 0.0807. The fraction of sp³-hybridized carbons (Fsp3) is 0.525. The second-order valence-electron chi connectivity index (χ2n) is 12.2. The zero-order valence-electron chi connectivity index (χ0n) is 29.9. The summed E-state index contributed by atoms with van der Waals surface area (Å²) in [5, 5.41) is 0. The van der Waals surface area contributed by atoms with Crippen LogP contribution in [0.2, 0.25) is 0 Å². The van der Waals surface area contributed by atoms with Gasteiger partial charge in [0.25, 0.3) is 0 Å².